The van der Waals surface area contributed by atoms with Crippen molar-refractivity contribution in [2.24, 2.45) is 0 Å². The van der Waals surface area contributed by atoms with Crippen molar-refractivity contribution in [2.45, 2.75) is 25.0 Å². The Balaban J connectivity index is 2.06. The van der Waals surface area contributed by atoms with Crippen LogP contribution in [0, 0.1) is 5.82 Å². The van der Waals surface area contributed by atoms with E-state index in [0.29, 0.717) is 5.56 Å². The molecule has 1 aliphatic rings. The SMILES string of the molecule is O=C(O)C1CC(O)CN1C(=O)Cc1ccc(F)cc1. The second kappa shape index (κ2) is 5.36. The maximum atomic E-state index is 12.7. The predicted octanol–water partition coefficient (Wildman–Crippen LogP) is 0.415. The third-order valence-electron chi connectivity index (χ3n) is 3.15. The molecule has 2 rings (SSSR count). The third-order valence-corrected chi connectivity index (χ3v) is 3.15. The van der Waals surface area contributed by atoms with Gasteiger partial charge in [0, 0.05) is 13.0 Å². The Morgan fingerprint density at radius 1 is 1.32 bits per heavy atom. The van der Waals surface area contributed by atoms with Gasteiger partial charge in [0.05, 0.1) is 12.5 Å². The van der Waals surface area contributed by atoms with Gasteiger partial charge < -0.3 is 15.1 Å². The number of amides is 1. The second-order valence-electron chi connectivity index (χ2n) is 4.59. The Labute approximate surface area is 109 Å². The van der Waals surface area contributed by atoms with Gasteiger partial charge in [0.2, 0.25) is 5.91 Å². The van der Waals surface area contributed by atoms with Gasteiger partial charge in [-0.3, -0.25) is 4.79 Å². The maximum absolute atomic E-state index is 12.7. The highest BCUT2D eigenvalue weighted by Crippen LogP contribution is 2.19. The zero-order chi connectivity index (χ0) is 14.0. The highest BCUT2D eigenvalue weighted by Gasteiger charge is 2.38. The third kappa shape index (κ3) is 3.08. The van der Waals surface area contributed by atoms with E-state index in [2.05, 4.69) is 0 Å². The number of aliphatic carboxylic acids is 1. The molecule has 1 heterocycles. The fraction of sp³-hybridized carbons (Fsp3) is 0.385. The van der Waals surface area contributed by atoms with Gasteiger partial charge in [0.1, 0.15) is 11.9 Å². The van der Waals surface area contributed by atoms with Crippen molar-refractivity contribution in [3.63, 3.8) is 0 Å². The summed E-state index contributed by atoms with van der Waals surface area (Å²) in [6.07, 6.45) is -0.764. The first-order chi connectivity index (χ1) is 8.97. The van der Waals surface area contributed by atoms with Gasteiger partial charge in [-0.05, 0) is 17.7 Å². The number of carbonyl (C=O) groups is 2. The Bertz CT molecular complexity index is 488. The number of hydrogen-bond acceptors (Lipinski definition) is 3. The van der Waals surface area contributed by atoms with Crippen molar-refractivity contribution in [2.75, 3.05) is 6.54 Å². The largest absolute Gasteiger partial charge is 0.480 e. The number of nitrogens with zero attached hydrogens (tertiary/aromatic N) is 1. The van der Waals surface area contributed by atoms with Crippen molar-refractivity contribution in [3.05, 3.63) is 35.6 Å². The van der Waals surface area contributed by atoms with Gasteiger partial charge in [-0.25, -0.2) is 9.18 Å². The van der Waals surface area contributed by atoms with E-state index in [4.69, 9.17) is 5.11 Å². The van der Waals surface area contributed by atoms with E-state index in [9.17, 15) is 19.1 Å². The zero-order valence-corrected chi connectivity index (χ0v) is 10.1. The Hall–Kier alpha value is -1.95. The summed E-state index contributed by atoms with van der Waals surface area (Å²) < 4.78 is 12.7. The van der Waals surface area contributed by atoms with Crippen molar-refractivity contribution in [3.8, 4) is 0 Å². The molecule has 2 unspecified atom stereocenters. The summed E-state index contributed by atoms with van der Waals surface area (Å²) in [6.45, 7) is 0.0248. The molecule has 5 nitrogen and oxygen atoms in total. The Kier molecular flexibility index (Phi) is 3.80. The number of likely N-dealkylation sites (tertiary alicyclic amines) is 1. The van der Waals surface area contributed by atoms with Crippen LogP contribution in [0.15, 0.2) is 24.3 Å². The molecule has 2 N–H and O–H groups in total. The monoisotopic (exact) mass is 267 g/mol. The molecule has 1 aromatic carbocycles. The number of carboxylic acid groups (broad SMARTS) is 1. The first-order valence-corrected chi connectivity index (χ1v) is 5.92. The van der Waals surface area contributed by atoms with Crippen LogP contribution in [0.25, 0.3) is 0 Å². The number of rotatable bonds is 3. The van der Waals surface area contributed by atoms with Crippen LogP contribution in [-0.2, 0) is 16.0 Å². The number of aliphatic hydroxyl groups is 1. The summed E-state index contributed by atoms with van der Waals surface area (Å²) in [7, 11) is 0. The Morgan fingerprint density at radius 2 is 1.95 bits per heavy atom. The van der Waals surface area contributed by atoms with Crippen molar-refractivity contribution < 1.29 is 24.2 Å². The average molecular weight is 267 g/mol. The van der Waals surface area contributed by atoms with E-state index < -0.39 is 23.9 Å². The van der Waals surface area contributed by atoms with Gasteiger partial charge in [0.25, 0.3) is 0 Å². The van der Waals surface area contributed by atoms with Gasteiger partial charge >= 0.3 is 5.97 Å². The van der Waals surface area contributed by atoms with Crippen LogP contribution >= 0.6 is 0 Å². The van der Waals surface area contributed by atoms with Gasteiger partial charge in [0.15, 0.2) is 0 Å². The molecule has 1 aliphatic heterocycles. The van der Waals surface area contributed by atoms with Crippen LogP contribution in [0.1, 0.15) is 12.0 Å². The first-order valence-electron chi connectivity index (χ1n) is 5.92. The van der Waals surface area contributed by atoms with E-state index in [1.807, 2.05) is 0 Å². The van der Waals surface area contributed by atoms with Crippen LogP contribution in [0.4, 0.5) is 4.39 Å². The number of benzene rings is 1. The molecule has 1 amide bonds. The molecule has 0 aliphatic carbocycles. The lowest BCUT2D eigenvalue weighted by Gasteiger charge is -2.21. The summed E-state index contributed by atoms with van der Waals surface area (Å²) in [5, 5.41) is 18.5. The van der Waals surface area contributed by atoms with Crippen LogP contribution in [0.2, 0.25) is 0 Å². The number of halogens is 1. The average Bonchev–Trinajstić information content (AvgIpc) is 2.74. The number of β-amino-alcohol motifs (C(OH)–C–C–N with tert-alkyl or cyclic N) is 1. The van der Waals surface area contributed by atoms with Crippen molar-refractivity contribution in [1.29, 1.82) is 0 Å². The fourth-order valence-electron chi connectivity index (χ4n) is 2.20. The fourth-order valence-corrected chi connectivity index (χ4v) is 2.20. The molecule has 0 saturated carbocycles. The topological polar surface area (TPSA) is 77.8 Å². The minimum absolute atomic E-state index is 0.00319. The van der Waals surface area contributed by atoms with Crippen LogP contribution in [-0.4, -0.2) is 45.7 Å². The van der Waals surface area contributed by atoms with E-state index >= 15 is 0 Å². The Morgan fingerprint density at radius 3 is 2.53 bits per heavy atom. The lowest BCUT2D eigenvalue weighted by molar-refractivity contribution is -0.148. The number of carboxylic acids is 1. The molecular weight excluding hydrogens is 253 g/mol. The van der Waals surface area contributed by atoms with E-state index in [0.717, 1.165) is 4.90 Å². The summed E-state index contributed by atoms with van der Waals surface area (Å²) >= 11 is 0. The van der Waals surface area contributed by atoms with Crippen LogP contribution in [0.3, 0.4) is 0 Å². The molecular formula is C13H14FNO4. The number of hydrogen-bond donors (Lipinski definition) is 2. The molecule has 2 atom stereocenters. The van der Waals surface area contributed by atoms with Crippen LogP contribution in [0.5, 0.6) is 0 Å². The second-order valence-corrected chi connectivity index (χ2v) is 4.59. The number of carbonyl (C=O) groups excluding carboxylic acids is 1. The summed E-state index contributed by atoms with van der Waals surface area (Å²) in [4.78, 5) is 24.2. The molecule has 0 radical (unpaired) electrons. The minimum Gasteiger partial charge on any atom is -0.480 e. The van der Waals surface area contributed by atoms with E-state index in [1.54, 1.807) is 0 Å². The van der Waals surface area contributed by atoms with Gasteiger partial charge in [-0.2, -0.15) is 0 Å². The lowest BCUT2D eigenvalue weighted by atomic mass is 10.1. The van der Waals surface area contributed by atoms with Crippen LogP contribution < -0.4 is 0 Å². The standard InChI is InChI=1S/C13H14FNO4/c14-9-3-1-8(2-4-9)5-12(17)15-7-10(16)6-11(15)13(18)19/h1-4,10-11,16H,5-7H2,(H,18,19). The normalized spacial score (nSPS) is 22.5. The molecule has 19 heavy (non-hydrogen) atoms. The molecule has 0 spiro atoms. The molecule has 6 heteroatoms. The smallest absolute Gasteiger partial charge is 0.326 e. The first kappa shape index (κ1) is 13.5. The molecule has 102 valence electrons. The molecule has 1 aromatic rings. The predicted molar refractivity (Wildman–Crippen MR) is 63.9 cm³/mol. The van der Waals surface area contributed by atoms with Gasteiger partial charge in [-0.1, -0.05) is 12.1 Å². The summed E-state index contributed by atoms with van der Waals surface area (Å²) in [5.41, 5.74) is 0.608. The molecule has 0 aromatic heterocycles. The van der Waals surface area contributed by atoms with Crippen molar-refractivity contribution in [1.82, 2.24) is 4.90 Å². The van der Waals surface area contributed by atoms with E-state index in [-0.39, 0.29) is 25.3 Å². The van der Waals surface area contributed by atoms with E-state index in [1.165, 1.54) is 24.3 Å². The number of aliphatic hydroxyl groups excluding tert-OH is 1. The quantitative estimate of drug-likeness (QED) is 0.831. The zero-order valence-electron chi connectivity index (χ0n) is 10.1. The lowest BCUT2D eigenvalue weighted by Crippen LogP contribution is -2.41. The molecule has 1 saturated heterocycles. The minimum atomic E-state index is -1.12. The van der Waals surface area contributed by atoms with Gasteiger partial charge in [-0.15, -0.1) is 0 Å². The van der Waals surface area contributed by atoms with Crippen molar-refractivity contribution >= 4 is 11.9 Å². The molecule has 1 fully saturated rings. The summed E-state index contributed by atoms with van der Waals surface area (Å²) in [5.74, 6) is -1.89. The molecule has 0 bridgehead atoms. The maximum Gasteiger partial charge on any atom is 0.326 e. The highest BCUT2D eigenvalue weighted by atomic mass is 19.1. The highest BCUT2D eigenvalue weighted by molar-refractivity contribution is 5.85. The summed E-state index contributed by atoms with van der Waals surface area (Å²) in [6, 6.07) is 4.47.